The minimum Gasteiger partial charge on any atom is -0.353 e. The molecule has 2 N–H and O–H groups in total. The van der Waals surface area contributed by atoms with Crippen molar-refractivity contribution in [3.05, 3.63) is 17.0 Å². The summed E-state index contributed by atoms with van der Waals surface area (Å²) in [6.07, 6.45) is 0.808. The first-order valence-corrected chi connectivity index (χ1v) is 8.00. The van der Waals surface area contributed by atoms with Crippen molar-refractivity contribution in [1.82, 2.24) is 10.0 Å². The first kappa shape index (κ1) is 15.1. The van der Waals surface area contributed by atoms with E-state index in [1.807, 2.05) is 20.8 Å². The topological polar surface area (TPSA) is 75.3 Å². The van der Waals surface area contributed by atoms with Gasteiger partial charge in [-0.05, 0) is 32.4 Å². The molecule has 1 amide bonds. The summed E-state index contributed by atoms with van der Waals surface area (Å²) in [7, 11) is -3.57. The molecule has 18 heavy (non-hydrogen) atoms. The van der Waals surface area contributed by atoms with Gasteiger partial charge in [0.2, 0.25) is 5.91 Å². The van der Waals surface area contributed by atoms with E-state index < -0.39 is 10.0 Å². The van der Waals surface area contributed by atoms with Crippen LogP contribution in [0.4, 0.5) is 0 Å². The lowest BCUT2D eigenvalue weighted by molar-refractivity contribution is -0.120. The summed E-state index contributed by atoms with van der Waals surface area (Å²) in [5, 5.41) is 2.70. The van der Waals surface area contributed by atoms with Gasteiger partial charge in [-0.2, -0.15) is 0 Å². The van der Waals surface area contributed by atoms with Crippen molar-refractivity contribution in [3.63, 3.8) is 0 Å². The molecule has 1 atom stereocenters. The summed E-state index contributed by atoms with van der Waals surface area (Å²) in [6, 6.07) is 3.32. The Morgan fingerprint density at radius 1 is 1.44 bits per heavy atom. The number of hydrogen-bond acceptors (Lipinski definition) is 4. The van der Waals surface area contributed by atoms with Crippen LogP contribution in [-0.4, -0.2) is 26.9 Å². The normalized spacial score (nSPS) is 13.3. The van der Waals surface area contributed by atoms with Crippen LogP contribution in [0.2, 0.25) is 0 Å². The smallest absolute Gasteiger partial charge is 0.250 e. The highest BCUT2D eigenvalue weighted by Gasteiger charge is 2.17. The van der Waals surface area contributed by atoms with Gasteiger partial charge in [0.15, 0.2) is 0 Å². The molecule has 0 aromatic carbocycles. The van der Waals surface area contributed by atoms with E-state index in [2.05, 4.69) is 10.0 Å². The summed E-state index contributed by atoms with van der Waals surface area (Å²) in [6.45, 7) is 5.42. The number of thiophene rings is 1. The van der Waals surface area contributed by atoms with Gasteiger partial charge in [0.05, 0.1) is 6.54 Å². The third-order valence-corrected chi connectivity index (χ3v) is 5.32. The third kappa shape index (κ3) is 4.40. The van der Waals surface area contributed by atoms with E-state index in [0.717, 1.165) is 11.3 Å². The van der Waals surface area contributed by atoms with Crippen molar-refractivity contribution in [2.45, 2.75) is 37.4 Å². The summed E-state index contributed by atoms with van der Waals surface area (Å²) in [4.78, 5) is 12.4. The van der Waals surface area contributed by atoms with Crippen molar-refractivity contribution in [2.75, 3.05) is 6.54 Å². The lowest BCUT2D eigenvalue weighted by Crippen LogP contribution is -2.40. The molecule has 5 nitrogen and oxygen atoms in total. The number of carbonyl (C=O) groups excluding carboxylic acids is 1. The van der Waals surface area contributed by atoms with Crippen LogP contribution < -0.4 is 10.0 Å². The van der Waals surface area contributed by atoms with Crippen LogP contribution in [-0.2, 0) is 14.8 Å². The van der Waals surface area contributed by atoms with Crippen molar-refractivity contribution in [2.24, 2.45) is 0 Å². The highest BCUT2D eigenvalue weighted by atomic mass is 32.2. The molecule has 1 heterocycles. The van der Waals surface area contributed by atoms with E-state index in [0.29, 0.717) is 0 Å². The second kappa shape index (κ2) is 6.31. The Bertz CT molecular complexity index is 508. The second-order valence-corrected chi connectivity index (χ2v) is 7.35. The predicted molar refractivity (Wildman–Crippen MR) is 72.1 cm³/mol. The highest BCUT2D eigenvalue weighted by molar-refractivity contribution is 7.91. The quantitative estimate of drug-likeness (QED) is 0.828. The fraction of sp³-hybridized carbons (Fsp3) is 0.545. The summed E-state index contributed by atoms with van der Waals surface area (Å²) in [5.74, 6) is -0.318. The first-order chi connectivity index (χ1) is 8.35. The fourth-order valence-corrected chi connectivity index (χ4v) is 3.53. The van der Waals surface area contributed by atoms with E-state index in [9.17, 15) is 13.2 Å². The number of carbonyl (C=O) groups is 1. The van der Waals surface area contributed by atoms with Crippen LogP contribution in [0, 0.1) is 6.92 Å². The van der Waals surface area contributed by atoms with Gasteiger partial charge in [0.25, 0.3) is 10.0 Å². The van der Waals surface area contributed by atoms with Crippen molar-refractivity contribution < 1.29 is 13.2 Å². The van der Waals surface area contributed by atoms with Crippen LogP contribution in [0.5, 0.6) is 0 Å². The number of amides is 1. The Balaban J connectivity index is 2.55. The van der Waals surface area contributed by atoms with Gasteiger partial charge in [0.1, 0.15) is 4.21 Å². The predicted octanol–water partition coefficient (Wildman–Crippen LogP) is 1.25. The molecule has 0 fully saturated rings. The molecule has 1 aromatic heterocycles. The molecule has 102 valence electrons. The lowest BCUT2D eigenvalue weighted by Gasteiger charge is -2.11. The number of nitrogens with one attached hydrogen (secondary N) is 2. The maximum absolute atomic E-state index is 11.8. The van der Waals surface area contributed by atoms with Crippen molar-refractivity contribution in [1.29, 1.82) is 0 Å². The molecule has 1 unspecified atom stereocenters. The standard InChI is InChI=1S/C11H18N2O3S2/c1-4-8(2)13-10(14)7-12-18(15,16)11-6-5-9(3)17-11/h5-6,8,12H,4,7H2,1-3H3,(H,13,14). The van der Waals surface area contributed by atoms with E-state index in [-0.39, 0.29) is 22.7 Å². The number of hydrogen-bond donors (Lipinski definition) is 2. The molecular weight excluding hydrogens is 272 g/mol. The van der Waals surface area contributed by atoms with Gasteiger partial charge in [-0.3, -0.25) is 4.79 Å². The molecule has 0 aliphatic rings. The van der Waals surface area contributed by atoms with E-state index in [1.165, 1.54) is 17.4 Å². The monoisotopic (exact) mass is 290 g/mol. The Morgan fingerprint density at radius 3 is 2.61 bits per heavy atom. The van der Waals surface area contributed by atoms with E-state index >= 15 is 0 Å². The zero-order chi connectivity index (χ0) is 13.8. The van der Waals surface area contributed by atoms with Crippen LogP contribution in [0.3, 0.4) is 0 Å². The maximum Gasteiger partial charge on any atom is 0.250 e. The van der Waals surface area contributed by atoms with Gasteiger partial charge >= 0.3 is 0 Å². The molecule has 0 saturated heterocycles. The SMILES string of the molecule is CCC(C)NC(=O)CNS(=O)(=O)c1ccc(C)s1. The van der Waals surface area contributed by atoms with Crippen LogP contribution in [0.25, 0.3) is 0 Å². The van der Waals surface area contributed by atoms with Gasteiger partial charge < -0.3 is 5.32 Å². The zero-order valence-electron chi connectivity index (χ0n) is 10.7. The Morgan fingerprint density at radius 2 is 2.11 bits per heavy atom. The summed E-state index contributed by atoms with van der Waals surface area (Å²) in [5.41, 5.74) is 0. The van der Waals surface area contributed by atoms with Crippen molar-refractivity contribution >= 4 is 27.3 Å². The Labute approximate surface area is 112 Å². The summed E-state index contributed by atoms with van der Waals surface area (Å²) < 4.78 is 26.2. The highest BCUT2D eigenvalue weighted by Crippen LogP contribution is 2.19. The number of sulfonamides is 1. The Kier molecular flexibility index (Phi) is 5.30. The summed E-state index contributed by atoms with van der Waals surface area (Å²) >= 11 is 1.18. The molecule has 0 spiro atoms. The van der Waals surface area contributed by atoms with Gasteiger partial charge in [-0.15, -0.1) is 11.3 Å². The van der Waals surface area contributed by atoms with E-state index in [1.54, 1.807) is 6.07 Å². The number of rotatable bonds is 6. The molecular formula is C11H18N2O3S2. The molecule has 7 heteroatoms. The number of aryl methyl sites for hydroxylation is 1. The average Bonchev–Trinajstić information content (AvgIpc) is 2.74. The molecule has 0 bridgehead atoms. The van der Waals surface area contributed by atoms with Crippen LogP contribution >= 0.6 is 11.3 Å². The Hall–Kier alpha value is -0.920. The van der Waals surface area contributed by atoms with E-state index in [4.69, 9.17) is 0 Å². The van der Waals surface area contributed by atoms with Gasteiger partial charge in [-0.25, -0.2) is 13.1 Å². The molecule has 1 rings (SSSR count). The minimum atomic E-state index is -3.57. The first-order valence-electron chi connectivity index (χ1n) is 5.70. The fourth-order valence-electron chi connectivity index (χ4n) is 1.22. The molecule has 0 aliphatic heterocycles. The average molecular weight is 290 g/mol. The molecule has 0 saturated carbocycles. The second-order valence-electron chi connectivity index (χ2n) is 4.07. The molecule has 0 radical (unpaired) electrons. The van der Waals surface area contributed by atoms with Crippen molar-refractivity contribution in [3.8, 4) is 0 Å². The zero-order valence-corrected chi connectivity index (χ0v) is 12.3. The molecule has 1 aromatic rings. The van der Waals surface area contributed by atoms with Crippen LogP contribution in [0.15, 0.2) is 16.3 Å². The van der Waals surface area contributed by atoms with Crippen LogP contribution in [0.1, 0.15) is 25.1 Å². The lowest BCUT2D eigenvalue weighted by atomic mass is 10.2. The minimum absolute atomic E-state index is 0.0472. The third-order valence-electron chi connectivity index (χ3n) is 2.42. The maximum atomic E-state index is 11.8. The van der Waals surface area contributed by atoms with Gasteiger partial charge in [-0.1, -0.05) is 6.92 Å². The van der Waals surface area contributed by atoms with Gasteiger partial charge in [0, 0.05) is 10.9 Å². The molecule has 0 aliphatic carbocycles. The largest absolute Gasteiger partial charge is 0.353 e.